The van der Waals surface area contributed by atoms with Crippen LogP contribution in [0.1, 0.15) is 18.9 Å². The zero-order chi connectivity index (χ0) is 13.7. The summed E-state index contributed by atoms with van der Waals surface area (Å²) in [6, 6.07) is 5.96. The Bertz CT molecular complexity index is 543. The Kier molecular flexibility index (Phi) is 4.73. The standard InChI is InChI=1S/C12H16BrN5O/c1-3-6-19-11-5-4-10(13)7-9(11)8-14-12-15-16-17-18(12)2/h4-5,7H,3,6,8H2,1-2H3,(H,14,15,17). The number of benzene rings is 1. The fraction of sp³-hybridized carbons (Fsp3) is 0.417. The Morgan fingerprint density at radius 2 is 2.26 bits per heavy atom. The van der Waals surface area contributed by atoms with Crippen molar-refractivity contribution in [3.05, 3.63) is 28.2 Å². The molecule has 0 aliphatic carbocycles. The van der Waals surface area contributed by atoms with Crippen LogP contribution in [0.15, 0.2) is 22.7 Å². The third-order valence-corrected chi connectivity index (χ3v) is 3.03. The summed E-state index contributed by atoms with van der Waals surface area (Å²) in [6.07, 6.45) is 0.982. The van der Waals surface area contributed by atoms with Crippen molar-refractivity contribution in [3.8, 4) is 5.75 Å². The number of hydrogen-bond acceptors (Lipinski definition) is 5. The molecule has 0 atom stereocenters. The lowest BCUT2D eigenvalue weighted by atomic mass is 10.2. The molecule has 1 N–H and O–H groups in total. The molecule has 0 saturated heterocycles. The van der Waals surface area contributed by atoms with Gasteiger partial charge < -0.3 is 10.1 Å². The lowest BCUT2D eigenvalue weighted by Gasteiger charge is -2.12. The van der Waals surface area contributed by atoms with Gasteiger partial charge in [0.25, 0.3) is 0 Å². The van der Waals surface area contributed by atoms with E-state index in [1.54, 1.807) is 11.7 Å². The number of hydrogen-bond donors (Lipinski definition) is 1. The van der Waals surface area contributed by atoms with E-state index in [1.165, 1.54) is 0 Å². The summed E-state index contributed by atoms with van der Waals surface area (Å²) in [7, 11) is 1.79. The van der Waals surface area contributed by atoms with Gasteiger partial charge in [-0.2, -0.15) is 0 Å². The molecule has 7 heteroatoms. The lowest BCUT2D eigenvalue weighted by Crippen LogP contribution is -2.07. The first-order valence-electron chi connectivity index (χ1n) is 6.08. The zero-order valence-corrected chi connectivity index (χ0v) is 12.5. The van der Waals surface area contributed by atoms with Crippen LogP contribution in [0.2, 0.25) is 0 Å². The van der Waals surface area contributed by atoms with Gasteiger partial charge >= 0.3 is 0 Å². The first-order valence-corrected chi connectivity index (χ1v) is 6.87. The number of nitrogens with one attached hydrogen (secondary N) is 1. The highest BCUT2D eigenvalue weighted by Crippen LogP contribution is 2.24. The SMILES string of the molecule is CCCOc1ccc(Br)cc1CNc1nnnn1C. The highest BCUT2D eigenvalue weighted by Gasteiger charge is 2.07. The van der Waals surface area contributed by atoms with Crippen LogP contribution in [0.4, 0.5) is 5.95 Å². The van der Waals surface area contributed by atoms with Crippen LogP contribution >= 0.6 is 15.9 Å². The molecule has 0 radical (unpaired) electrons. The number of halogens is 1. The molecular formula is C12H16BrN5O. The second-order valence-corrected chi connectivity index (χ2v) is 5.00. The molecule has 0 fully saturated rings. The fourth-order valence-electron chi connectivity index (χ4n) is 1.59. The van der Waals surface area contributed by atoms with E-state index < -0.39 is 0 Å². The smallest absolute Gasteiger partial charge is 0.242 e. The minimum atomic E-state index is 0.604. The molecule has 1 aromatic carbocycles. The monoisotopic (exact) mass is 325 g/mol. The molecule has 2 aromatic rings. The Morgan fingerprint density at radius 3 is 2.95 bits per heavy atom. The highest BCUT2D eigenvalue weighted by atomic mass is 79.9. The molecule has 0 amide bonds. The number of ether oxygens (including phenoxy) is 1. The molecule has 0 unspecified atom stereocenters. The predicted molar refractivity (Wildman–Crippen MR) is 76.1 cm³/mol. The van der Waals surface area contributed by atoms with Gasteiger partial charge in [0.2, 0.25) is 5.95 Å². The Hall–Kier alpha value is -1.63. The van der Waals surface area contributed by atoms with Crippen molar-refractivity contribution >= 4 is 21.9 Å². The maximum Gasteiger partial charge on any atom is 0.242 e. The van der Waals surface area contributed by atoms with E-state index in [4.69, 9.17) is 4.74 Å². The summed E-state index contributed by atoms with van der Waals surface area (Å²) in [5.41, 5.74) is 1.06. The molecule has 1 heterocycles. The van der Waals surface area contributed by atoms with Crippen molar-refractivity contribution in [2.24, 2.45) is 7.05 Å². The summed E-state index contributed by atoms with van der Waals surface area (Å²) in [6.45, 7) is 3.40. The van der Waals surface area contributed by atoms with Gasteiger partial charge in [0.05, 0.1) is 6.61 Å². The molecular weight excluding hydrogens is 310 g/mol. The van der Waals surface area contributed by atoms with Gasteiger partial charge in [-0.15, -0.1) is 0 Å². The quantitative estimate of drug-likeness (QED) is 0.883. The third kappa shape index (κ3) is 3.66. The van der Waals surface area contributed by atoms with Crippen LogP contribution < -0.4 is 10.1 Å². The maximum absolute atomic E-state index is 5.72. The number of tetrazole rings is 1. The molecule has 0 bridgehead atoms. The van der Waals surface area contributed by atoms with Crippen molar-refractivity contribution in [1.82, 2.24) is 20.2 Å². The molecule has 2 rings (SSSR count). The Labute approximate surface area is 120 Å². The van der Waals surface area contributed by atoms with Crippen molar-refractivity contribution in [3.63, 3.8) is 0 Å². The molecule has 102 valence electrons. The van der Waals surface area contributed by atoms with Gasteiger partial charge in [-0.05, 0) is 35.0 Å². The first kappa shape index (κ1) is 13.8. The van der Waals surface area contributed by atoms with Gasteiger partial charge in [0.15, 0.2) is 0 Å². The Morgan fingerprint density at radius 1 is 1.42 bits per heavy atom. The van der Waals surface area contributed by atoms with E-state index in [0.29, 0.717) is 19.1 Å². The van der Waals surface area contributed by atoms with E-state index in [0.717, 1.165) is 22.2 Å². The fourth-order valence-corrected chi connectivity index (χ4v) is 2.00. The minimum Gasteiger partial charge on any atom is -0.493 e. The van der Waals surface area contributed by atoms with E-state index in [1.807, 2.05) is 18.2 Å². The largest absolute Gasteiger partial charge is 0.493 e. The first-order chi connectivity index (χ1) is 9.20. The highest BCUT2D eigenvalue weighted by molar-refractivity contribution is 9.10. The molecule has 6 nitrogen and oxygen atoms in total. The molecule has 0 aliphatic rings. The summed E-state index contributed by atoms with van der Waals surface area (Å²) in [5, 5.41) is 14.4. The summed E-state index contributed by atoms with van der Waals surface area (Å²) < 4.78 is 8.33. The zero-order valence-electron chi connectivity index (χ0n) is 10.9. The second kappa shape index (κ2) is 6.51. The van der Waals surface area contributed by atoms with Crippen LogP contribution in [-0.2, 0) is 13.6 Å². The predicted octanol–water partition coefficient (Wildman–Crippen LogP) is 2.37. The average molecular weight is 326 g/mol. The van der Waals surface area contributed by atoms with Gasteiger partial charge in [0, 0.05) is 23.6 Å². The van der Waals surface area contributed by atoms with Gasteiger partial charge in [-0.25, -0.2) is 4.68 Å². The van der Waals surface area contributed by atoms with E-state index in [-0.39, 0.29) is 0 Å². The van der Waals surface area contributed by atoms with Crippen molar-refractivity contribution in [1.29, 1.82) is 0 Å². The van der Waals surface area contributed by atoms with E-state index in [9.17, 15) is 0 Å². The molecule has 0 aliphatic heterocycles. The number of aryl methyl sites for hydroxylation is 1. The number of rotatable bonds is 6. The van der Waals surface area contributed by atoms with Crippen LogP contribution in [0.3, 0.4) is 0 Å². The number of aromatic nitrogens is 4. The molecule has 0 spiro atoms. The molecule has 19 heavy (non-hydrogen) atoms. The maximum atomic E-state index is 5.72. The van der Waals surface area contributed by atoms with Crippen LogP contribution in [-0.4, -0.2) is 26.8 Å². The van der Waals surface area contributed by atoms with Crippen LogP contribution in [0, 0.1) is 0 Å². The van der Waals surface area contributed by atoms with Crippen molar-refractivity contribution < 1.29 is 4.74 Å². The van der Waals surface area contributed by atoms with E-state index in [2.05, 4.69) is 43.7 Å². The summed E-state index contributed by atoms with van der Waals surface area (Å²) >= 11 is 3.47. The van der Waals surface area contributed by atoms with E-state index >= 15 is 0 Å². The summed E-state index contributed by atoms with van der Waals surface area (Å²) in [4.78, 5) is 0. The Balaban J connectivity index is 2.09. The minimum absolute atomic E-state index is 0.604. The molecule has 0 saturated carbocycles. The van der Waals surface area contributed by atoms with Gasteiger partial charge in [-0.3, -0.25) is 0 Å². The van der Waals surface area contributed by atoms with Crippen LogP contribution in [0.25, 0.3) is 0 Å². The third-order valence-electron chi connectivity index (χ3n) is 2.54. The lowest BCUT2D eigenvalue weighted by molar-refractivity contribution is 0.314. The number of nitrogens with zero attached hydrogens (tertiary/aromatic N) is 4. The van der Waals surface area contributed by atoms with Gasteiger partial charge in [-0.1, -0.05) is 28.0 Å². The van der Waals surface area contributed by atoms with Crippen molar-refractivity contribution in [2.75, 3.05) is 11.9 Å². The number of anilines is 1. The molecule has 1 aromatic heterocycles. The normalized spacial score (nSPS) is 10.5. The van der Waals surface area contributed by atoms with Crippen molar-refractivity contribution in [2.45, 2.75) is 19.9 Å². The summed E-state index contributed by atoms with van der Waals surface area (Å²) in [5.74, 6) is 1.51. The second-order valence-electron chi connectivity index (χ2n) is 4.08. The van der Waals surface area contributed by atoms with Crippen LogP contribution in [0.5, 0.6) is 5.75 Å². The topological polar surface area (TPSA) is 64.9 Å². The van der Waals surface area contributed by atoms with Gasteiger partial charge in [0.1, 0.15) is 5.75 Å². The average Bonchev–Trinajstić information content (AvgIpc) is 2.81.